The molecule has 0 aliphatic carbocycles. The van der Waals surface area contributed by atoms with Gasteiger partial charge in [-0.25, -0.2) is 0 Å². The Kier molecular flexibility index (Phi) is 5.94. The van der Waals surface area contributed by atoms with Crippen LogP contribution in [0.5, 0.6) is 0 Å². The molecule has 0 aromatic carbocycles. The van der Waals surface area contributed by atoms with Crippen molar-refractivity contribution in [3.63, 3.8) is 0 Å². The highest BCUT2D eigenvalue weighted by atomic mass is 16.2. The first-order valence-electron chi connectivity index (χ1n) is 6.94. The zero-order chi connectivity index (χ0) is 15.3. The average Bonchev–Trinajstić information content (AvgIpc) is 2.73. The number of nitrogens with one attached hydrogen (secondary N) is 2. The number of primary amides is 1. The van der Waals surface area contributed by atoms with Crippen LogP contribution in [-0.2, 0) is 14.4 Å². The van der Waals surface area contributed by atoms with E-state index in [1.807, 2.05) is 13.8 Å². The molecular formula is C13H24N4O3. The molecule has 6 N–H and O–H groups in total. The molecule has 7 nitrogen and oxygen atoms in total. The summed E-state index contributed by atoms with van der Waals surface area (Å²) >= 11 is 0. The second-order valence-corrected chi connectivity index (χ2v) is 5.71. The molecule has 0 aromatic heterocycles. The predicted molar refractivity (Wildman–Crippen MR) is 74.3 cm³/mol. The van der Waals surface area contributed by atoms with Crippen LogP contribution < -0.4 is 22.1 Å². The number of rotatable bonds is 7. The van der Waals surface area contributed by atoms with E-state index in [1.54, 1.807) is 0 Å². The van der Waals surface area contributed by atoms with Crippen LogP contribution in [0.2, 0.25) is 0 Å². The van der Waals surface area contributed by atoms with Gasteiger partial charge < -0.3 is 22.1 Å². The lowest BCUT2D eigenvalue weighted by molar-refractivity contribution is -0.129. The summed E-state index contributed by atoms with van der Waals surface area (Å²) in [4.78, 5) is 34.8. The van der Waals surface area contributed by atoms with Crippen LogP contribution in [0.4, 0.5) is 0 Å². The van der Waals surface area contributed by atoms with Crippen LogP contribution in [0.3, 0.4) is 0 Å². The molecule has 1 fully saturated rings. The Balaban J connectivity index is 2.56. The smallest absolute Gasteiger partial charge is 0.240 e. The molecule has 3 amide bonds. The van der Waals surface area contributed by atoms with Gasteiger partial charge in [0.1, 0.15) is 6.04 Å². The first-order chi connectivity index (χ1) is 9.31. The Bertz CT molecular complexity index is 384. The molecular weight excluding hydrogens is 260 g/mol. The first-order valence-corrected chi connectivity index (χ1v) is 6.94. The van der Waals surface area contributed by atoms with Crippen molar-refractivity contribution in [2.75, 3.05) is 6.54 Å². The van der Waals surface area contributed by atoms with Crippen LogP contribution in [0.15, 0.2) is 0 Å². The van der Waals surface area contributed by atoms with Gasteiger partial charge in [-0.2, -0.15) is 0 Å². The molecule has 7 heteroatoms. The van der Waals surface area contributed by atoms with E-state index >= 15 is 0 Å². The SMILES string of the molecule is CC(C)C[C@H](N)C(=O)N[C@@H](C[C@@H]1CCNC1=O)C(N)=O. The van der Waals surface area contributed by atoms with Gasteiger partial charge in [-0.1, -0.05) is 13.8 Å². The normalized spacial score (nSPS) is 21.4. The monoisotopic (exact) mass is 284 g/mol. The van der Waals surface area contributed by atoms with E-state index < -0.39 is 23.9 Å². The van der Waals surface area contributed by atoms with E-state index in [4.69, 9.17) is 11.5 Å². The second kappa shape index (κ2) is 7.23. The van der Waals surface area contributed by atoms with Crippen LogP contribution in [0, 0.1) is 11.8 Å². The Morgan fingerprint density at radius 2 is 2.10 bits per heavy atom. The van der Waals surface area contributed by atoms with E-state index in [2.05, 4.69) is 10.6 Å². The fourth-order valence-corrected chi connectivity index (χ4v) is 2.29. The maximum atomic E-state index is 11.9. The van der Waals surface area contributed by atoms with E-state index in [0.717, 1.165) is 0 Å². The number of carbonyl (C=O) groups excluding carboxylic acids is 3. The zero-order valence-electron chi connectivity index (χ0n) is 12.0. The van der Waals surface area contributed by atoms with Crippen LogP contribution >= 0.6 is 0 Å². The van der Waals surface area contributed by atoms with Gasteiger partial charge in [0.25, 0.3) is 0 Å². The number of hydrogen-bond donors (Lipinski definition) is 4. The number of nitrogens with two attached hydrogens (primary N) is 2. The lowest BCUT2D eigenvalue weighted by Crippen LogP contribution is -2.51. The number of amides is 3. The van der Waals surface area contributed by atoms with Crippen LogP contribution in [-0.4, -0.2) is 36.3 Å². The molecule has 1 aliphatic rings. The minimum Gasteiger partial charge on any atom is -0.368 e. The van der Waals surface area contributed by atoms with E-state index in [0.29, 0.717) is 19.4 Å². The van der Waals surface area contributed by atoms with Gasteiger partial charge in [-0.15, -0.1) is 0 Å². The van der Waals surface area contributed by atoms with Crippen molar-refractivity contribution in [2.45, 2.75) is 45.2 Å². The van der Waals surface area contributed by atoms with Crippen LogP contribution in [0.1, 0.15) is 33.1 Å². The molecule has 1 rings (SSSR count). The molecule has 0 spiro atoms. The molecule has 1 saturated heterocycles. The number of hydrogen-bond acceptors (Lipinski definition) is 4. The summed E-state index contributed by atoms with van der Waals surface area (Å²) in [5.41, 5.74) is 11.0. The quantitative estimate of drug-likeness (QED) is 0.471. The Labute approximate surface area is 118 Å². The molecule has 0 aromatic rings. The van der Waals surface area contributed by atoms with Crippen molar-refractivity contribution in [2.24, 2.45) is 23.3 Å². The van der Waals surface area contributed by atoms with E-state index in [1.165, 1.54) is 0 Å². The Morgan fingerprint density at radius 3 is 2.55 bits per heavy atom. The van der Waals surface area contributed by atoms with Crippen molar-refractivity contribution in [1.29, 1.82) is 0 Å². The summed E-state index contributed by atoms with van der Waals surface area (Å²) in [6.07, 6.45) is 1.40. The molecule has 3 atom stereocenters. The molecule has 0 unspecified atom stereocenters. The third kappa shape index (κ3) is 4.80. The van der Waals surface area contributed by atoms with Crippen molar-refractivity contribution >= 4 is 17.7 Å². The van der Waals surface area contributed by atoms with Crippen molar-refractivity contribution in [3.8, 4) is 0 Å². The fraction of sp³-hybridized carbons (Fsp3) is 0.769. The molecule has 0 saturated carbocycles. The highest BCUT2D eigenvalue weighted by Crippen LogP contribution is 2.16. The molecule has 1 aliphatic heterocycles. The number of carbonyl (C=O) groups is 3. The van der Waals surface area contributed by atoms with Gasteiger partial charge in [0.05, 0.1) is 6.04 Å². The van der Waals surface area contributed by atoms with Gasteiger partial charge in [-0.05, 0) is 25.2 Å². The lowest BCUT2D eigenvalue weighted by atomic mass is 9.97. The summed E-state index contributed by atoms with van der Waals surface area (Å²) in [6.45, 7) is 4.51. The average molecular weight is 284 g/mol. The largest absolute Gasteiger partial charge is 0.368 e. The minimum atomic E-state index is -0.852. The fourth-order valence-electron chi connectivity index (χ4n) is 2.29. The summed E-state index contributed by atoms with van der Waals surface area (Å²) in [6, 6.07) is -1.52. The highest BCUT2D eigenvalue weighted by Gasteiger charge is 2.31. The summed E-state index contributed by atoms with van der Waals surface area (Å²) in [5, 5.41) is 5.24. The maximum Gasteiger partial charge on any atom is 0.240 e. The maximum absolute atomic E-state index is 11.9. The van der Waals surface area contributed by atoms with Crippen LogP contribution in [0.25, 0.3) is 0 Å². The standard InChI is InChI=1S/C13H24N4O3/c1-7(2)5-9(14)13(20)17-10(11(15)18)6-8-3-4-16-12(8)19/h7-10H,3-6,14H2,1-2H3,(H2,15,18)(H,16,19)(H,17,20)/t8-,9-,10-/m0/s1. The van der Waals surface area contributed by atoms with E-state index in [9.17, 15) is 14.4 Å². The van der Waals surface area contributed by atoms with Crippen molar-refractivity contribution < 1.29 is 14.4 Å². The van der Waals surface area contributed by atoms with Crippen molar-refractivity contribution in [3.05, 3.63) is 0 Å². The minimum absolute atomic E-state index is 0.100. The van der Waals surface area contributed by atoms with Gasteiger partial charge in [0.15, 0.2) is 0 Å². The first kappa shape index (κ1) is 16.4. The van der Waals surface area contributed by atoms with Gasteiger partial charge in [0, 0.05) is 12.5 Å². The topological polar surface area (TPSA) is 127 Å². The Hall–Kier alpha value is -1.63. The van der Waals surface area contributed by atoms with Gasteiger partial charge >= 0.3 is 0 Å². The highest BCUT2D eigenvalue weighted by molar-refractivity contribution is 5.89. The Morgan fingerprint density at radius 1 is 1.45 bits per heavy atom. The summed E-state index contributed by atoms with van der Waals surface area (Å²) in [5.74, 6) is -1.15. The second-order valence-electron chi connectivity index (χ2n) is 5.71. The van der Waals surface area contributed by atoms with Gasteiger partial charge in [0.2, 0.25) is 17.7 Å². The predicted octanol–water partition coefficient (Wildman–Crippen LogP) is -1.14. The molecule has 0 radical (unpaired) electrons. The zero-order valence-corrected chi connectivity index (χ0v) is 12.0. The third-order valence-electron chi connectivity index (χ3n) is 3.41. The van der Waals surface area contributed by atoms with E-state index in [-0.39, 0.29) is 24.2 Å². The molecule has 114 valence electrons. The molecule has 20 heavy (non-hydrogen) atoms. The third-order valence-corrected chi connectivity index (χ3v) is 3.41. The molecule has 1 heterocycles. The summed E-state index contributed by atoms with van der Waals surface area (Å²) < 4.78 is 0. The summed E-state index contributed by atoms with van der Waals surface area (Å²) in [7, 11) is 0. The molecule has 0 bridgehead atoms. The van der Waals surface area contributed by atoms with Gasteiger partial charge in [-0.3, -0.25) is 14.4 Å². The van der Waals surface area contributed by atoms with Crippen molar-refractivity contribution in [1.82, 2.24) is 10.6 Å². The lowest BCUT2D eigenvalue weighted by Gasteiger charge is -2.21.